The first-order valence-electron chi connectivity index (χ1n) is 5.92. The molecule has 18 heavy (non-hydrogen) atoms. The van der Waals surface area contributed by atoms with Crippen LogP contribution >= 0.6 is 0 Å². The van der Waals surface area contributed by atoms with E-state index in [4.69, 9.17) is 4.74 Å². The van der Waals surface area contributed by atoms with Gasteiger partial charge in [-0.25, -0.2) is 0 Å². The van der Waals surface area contributed by atoms with Crippen molar-refractivity contribution in [2.24, 2.45) is 5.92 Å². The highest BCUT2D eigenvalue weighted by Crippen LogP contribution is 2.18. The molecule has 0 saturated carbocycles. The van der Waals surface area contributed by atoms with E-state index < -0.39 is 18.0 Å². The van der Waals surface area contributed by atoms with Crippen molar-refractivity contribution < 1.29 is 23.9 Å². The van der Waals surface area contributed by atoms with Gasteiger partial charge in [0, 0.05) is 13.0 Å². The summed E-state index contributed by atoms with van der Waals surface area (Å²) >= 11 is 0. The third-order valence-corrected chi connectivity index (χ3v) is 3.10. The molecule has 7 heteroatoms. The standard InChI is InChI=1S/C11H16N2O5/c1-17-11(16)7-5-9(14)12-13(6-7)10(15)8-3-2-4-18-8/h7-8H,2-6H2,1H3,(H,12,14). The molecule has 0 aromatic carbocycles. The van der Waals surface area contributed by atoms with Crippen LogP contribution in [0, 0.1) is 5.92 Å². The molecular weight excluding hydrogens is 240 g/mol. The molecule has 2 fully saturated rings. The zero-order valence-corrected chi connectivity index (χ0v) is 10.2. The van der Waals surface area contributed by atoms with Crippen LogP contribution < -0.4 is 5.43 Å². The molecule has 2 rings (SSSR count). The number of carbonyl (C=O) groups excluding carboxylic acids is 3. The highest BCUT2D eigenvalue weighted by Gasteiger charge is 2.37. The number of nitrogens with zero attached hydrogens (tertiary/aromatic N) is 1. The van der Waals surface area contributed by atoms with Gasteiger partial charge in [0.05, 0.1) is 19.6 Å². The van der Waals surface area contributed by atoms with Crippen LogP contribution in [0.15, 0.2) is 0 Å². The minimum Gasteiger partial charge on any atom is -0.469 e. The van der Waals surface area contributed by atoms with Gasteiger partial charge in [0.2, 0.25) is 5.91 Å². The van der Waals surface area contributed by atoms with Crippen LogP contribution in [0.1, 0.15) is 19.3 Å². The third kappa shape index (κ3) is 2.61. The van der Waals surface area contributed by atoms with Crippen LogP contribution in [-0.2, 0) is 23.9 Å². The highest BCUT2D eigenvalue weighted by atomic mass is 16.5. The van der Waals surface area contributed by atoms with E-state index >= 15 is 0 Å². The average molecular weight is 256 g/mol. The van der Waals surface area contributed by atoms with Gasteiger partial charge in [0.25, 0.3) is 5.91 Å². The molecule has 2 aliphatic heterocycles. The van der Waals surface area contributed by atoms with Gasteiger partial charge in [0.15, 0.2) is 0 Å². The summed E-state index contributed by atoms with van der Waals surface area (Å²) in [6, 6.07) is 0. The van der Waals surface area contributed by atoms with Crippen molar-refractivity contribution in [3.8, 4) is 0 Å². The zero-order valence-electron chi connectivity index (χ0n) is 10.2. The third-order valence-electron chi connectivity index (χ3n) is 3.10. The molecule has 2 unspecified atom stereocenters. The summed E-state index contributed by atoms with van der Waals surface area (Å²) in [5.41, 5.74) is 2.46. The number of ether oxygens (including phenoxy) is 2. The maximum atomic E-state index is 12.0. The number of hydrazine groups is 1. The highest BCUT2D eigenvalue weighted by molar-refractivity contribution is 5.89. The Kier molecular flexibility index (Phi) is 3.81. The Hall–Kier alpha value is -1.63. The lowest BCUT2D eigenvalue weighted by atomic mass is 10.0. The predicted octanol–water partition coefficient (Wildman–Crippen LogP) is -0.782. The second kappa shape index (κ2) is 5.34. The van der Waals surface area contributed by atoms with E-state index in [0.29, 0.717) is 13.0 Å². The van der Waals surface area contributed by atoms with Gasteiger partial charge in [-0.05, 0) is 12.8 Å². The van der Waals surface area contributed by atoms with Crippen molar-refractivity contribution in [3.05, 3.63) is 0 Å². The maximum Gasteiger partial charge on any atom is 0.311 e. The first kappa shape index (κ1) is 12.8. The lowest BCUT2D eigenvalue weighted by Crippen LogP contribution is -2.57. The molecule has 7 nitrogen and oxygen atoms in total. The second-order valence-corrected chi connectivity index (χ2v) is 4.41. The molecule has 0 aromatic rings. The number of hydrogen-bond acceptors (Lipinski definition) is 5. The molecule has 0 aromatic heterocycles. The molecule has 2 atom stereocenters. The average Bonchev–Trinajstić information content (AvgIpc) is 2.90. The summed E-state index contributed by atoms with van der Waals surface area (Å²) in [7, 11) is 1.26. The monoisotopic (exact) mass is 256 g/mol. The van der Waals surface area contributed by atoms with Crippen molar-refractivity contribution in [1.29, 1.82) is 0 Å². The molecule has 1 N–H and O–H groups in total. The van der Waals surface area contributed by atoms with Crippen LogP contribution in [0.5, 0.6) is 0 Å². The summed E-state index contributed by atoms with van der Waals surface area (Å²) in [4.78, 5) is 34.9. The number of methoxy groups -OCH3 is 1. The number of amides is 2. The van der Waals surface area contributed by atoms with E-state index in [2.05, 4.69) is 10.2 Å². The van der Waals surface area contributed by atoms with Gasteiger partial charge in [-0.1, -0.05) is 0 Å². The largest absolute Gasteiger partial charge is 0.469 e. The van der Waals surface area contributed by atoms with Gasteiger partial charge in [0.1, 0.15) is 6.10 Å². The van der Waals surface area contributed by atoms with Crippen LogP contribution in [0.3, 0.4) is 0 Å². The van der Waals surface area contributed by atoms with Crippen molar-refractivity contribution in [2.75, 3.05) is 20.3 Å². The van der Waals surface area contributed by atoms with E-state index in [1.807, 2.05) is 0 Å². The Balaban J connectivity index is 2.01. The first-order valence-corrected chi connectivity index (χ1v) is 5.92. The minimum atomic E-state index is -0.603. The van der Waals surface area contributed by atoms with Gasteiger partial charge >= 0.3 is 5.97 Å². The number of esters is 1. The van der Waals surface area contributed by atoms with E-state index in [-0.39, 0.29) is 24.8 Å². The van der Waals surface area contributed by atoms with Crippen molar-refractivity contribution in [1.82, 2.24) is 10.4 Å². The molecule has 2 amide bonds. The zero-order chi connectivity index (χ0) is 13.1. The quantitative estimate of drug-likeness (QED) is 0.655. The Labute approximate surface area is 104 Å². The fourth-order valence-corrected chi connectivity index (χ4v) is 2.17. The number of rotatable bonds is 2. The predicted molar refractivity (Wildman–Crippen MR) is 59.0 cm³/mol. The maximum absolute atomic E-state index is 12.0. The van der Waals surface area contributed by atoms with Gasteiger partial charge in [-0.2, -0.15) is 0 Å². The molecule has 100 valence electrons. The van der Waals surface area contributed by atoms with E-state index in [1.54, 1.807) is 0 Å². The van der Waals surface area contributed by atoms with Crippen molar-refractivity contribution in [2.45, 2.75) is 25.4 Å². The van der Waals surface area contributed by atoms with Crippen LogP contribution in [-0.4, -0.2) is 49.2 Å². The topological polar surface area (TPSA) is 84.9 Å². The van der Waals surface area contributed by atoms with Gasteiger partial charge in [-0.15, -0.1) is 0 Å². The summed E-state index contributed by atoms with van der Waals surface area (Å²) in [5, 5.41) is 1.17. The molecule has 2 saturated heterocycles. The molecule has 0 aliphatic carbocycles. The molecule has 0 bridgehead atoms. The van der Waals surface area contributed by atoms with E-state index in [1.165, 1.54) is 12.1 Å². The first-order chi connectivity index (χ1) is 8.61. The number of carbonyl (C=O) groups is 3. The summed E-state index contributed by atoms with van der Waals surface area (Å²) in [5.74, 6) is -1.73. The van der Waals surface area contributed by atoms with Crippen LogP contribution in [0.4, 0.5) is 0 Å². The van der Waals surface area contributed by atoms with E-state index in [9.17, 15) is 14.4 Å². The Morgan fingerprint density at radius 3 is 2.89 bits per heavy atom. The second-order valence-electron chi connectivity index (χ2n) is 4.41. The lowest BCUT2D eigenvalue weighted by molar-refractivity contribution is -0.160. The van der Waals surface area contributed by atoms with Crippen molar-refractivity contribution >= 4 is 17.8 Å². The summed E-state index contributed by atoms with van der Waals surface area (Å²) in [6.45, 7) is 0.690. The fraction of sp³-hybridized carbons (Fsp3) is 0.727. The Morgan fingerprint density at radius 1 is 1.50 bits per heavy atom. The summed E-state index contributed by atoms with van der Waals surface area (Å²) < 4.78 is 9.87. The summed E-state index contributed by atoms with van der Waals surface area (Å²) in [6.07, 6.45) is 1.01. The molecule has 2 aliphatic rings. The number of nitrogens with one attached hydrogen (secondary N) is 1. The SMILES string of the molecule is COC(=O)C1CC(=O)NN(C(=O)C2CCCO2)C1. The Morgan fingerprint density at radius 2 is 2.28 bits per heavy atom. The van der Waals surface area contributed by atoms with Crippen LogP contribution in [0.2, 0.25) is 0 Å². The van der Waals surface area contributed by atoms with Gasteiger partial charge in [-0.3, -0.25) is 24.8 Å². The van der Waals surface area contributed by atoms with Crippen LogP contribution in [0.25, 0.3) is 0 Å². The fourth-order valence-electron chi connectivity index (χ4n) is 2.17. The van der Waals surface area contributed by atoms with Gasteiger partial charge < -0.3 is 9.47 Å². The Bertz CT molecular complexity index is 364. The molecule has 0 spiro atoms. The van der Waals surface area contributed by atoms with E-state index in [0.717, 1.165) is 6.42 Å². The molecule has 0 radical (unpaired) electrons. The smallest absolute Gasteiger partial charge is 0.311 e. The number of hydrogen-bond donors (Lipinski definition) is 1. The normalized spacial score (nSPS) is 27.8. The van der Waals surface area contributed by atoms with Crippen molar-refractivity contribution in [3.63, 3.8) is 0 Å². The minimum absolute atomic E-state index is 0.0436. The lowest BCUT2D eigenvalue weighted by Gasteiger charge is -2.32. The molecular formula is C11H16N2O5. The molecule has 2 heterocycles.